The second kappa shape index (κ2) is 13.9. The van der Waals surface area contributed by atoms with Crippen LogP contribution >= 0.6 is 0 Å². The average molecular weight is 592 g/mol. The molecule has 1 unspecified atom stereocenters. The Balaban J connectivity index is 1.72. The number of nitrogens with zero attached hydrogens (tertiary/aromatic N) is 2. The highest BCUT2D eigenvalue weighted by Crippen LogP contribution is 2.27. The summed E-state index contributed by atoms with van der Waals surface area (Å²) in [6.07, 6.45) is 4.38. The molecule has 1 aliphatic rings. The molecule has 0 bridgehead atoms. The van der Waals surface area contributed by atoms with Crippen molar-refractivity contribution in [2.45, 2.75) is 76.4 Å². The molecule has 0 radical (unpaired) electrons. The number of amides is 2. The number of hydrogen-bond acceptors (Lipinski definition) is 5. The zero-order valence-corrected chi connectivity index (χ0v) is 25.7. The van der Waals surface area contributed by atoms with Gasteiger partial charge in [0.2, 0.25) is 11.8 Å². The molecule has 1 aliphatic carbocycles. The Labute approximate surface area is 249 Å². The Morgan fingerprint density at radius 1 is 0.952 bits per heavy atom. The maximum Gasteiger partial charge on any atom is 0.264 e. The first-order valence-corrected chi connectivity index (χ1v) is 16.0. The number of aryl methyl sites for hydroxylation is 2. The van der Waals surface area contributed by atoms with E-state index in [2.05, 4.69) is 5.32 Å². The highest BCUT2D eigenvalue weighted by atomic mass is 32.2. The number of sulfonamides is 1. The largest absolute Gasteiger partial charge is 0.497 e. The molecule has 0 aliphatic heterocycles. The van der Waals surface area contributed by atoms with Crippen LogP contribution in [0.1, 0.15) is 55.7 Å². The molecule has 2 amide bonds. The third kappa shape index (κ3) is 7.31. The fourth-order valence-corrected chi connectivity index (χ4v) is 6.79. The number of methoxy groups -OCH3 is 1. The van der Waals surface area contributed by atoms with Gasteiger partial charge >= 0.3 is 0 Å². The Morgan fingerprint density at radius 3 is 2.19 bits per heavy atom. The van der Waals surface area contributed by atoms with E-state index in [1.54, 1.807) is 48.5 Å². The lowest BCUT2D eigenvalue weighted by molar-refractivity contribution is -0.140. The minimum Gasteiger partial charge on any atom is -0.497 e. The van der Waals surface area contributed by atoms with Crippen molar-refractivity contribution in [1.82, 2.24) is 10.2 Å². The monoisotopic (exact) mass is 591 g/mol. The summed E-state index contributed by atoms with van der Waals surface area (Å²) in [5.41, 5.74) is 3.13. The van der Waals surface area contributed by atoms with Crippen LogP contribution in [-0.2, 0) is 26.2 Å². The van der Waals surface area contributed by atoms with Gasteiger partial charge in [0.1, 0.15) is 18.3 Å². The summed E-state index contributed by atoms with van der Waals surface area (Å²) in [4.78, 5) is 29.4. The second-order valence-electron chi connectivity index (χ2n) is 10.9. The van der Waals surface area contributed by atoms with Gasteiger partial charge in [0.25, 0.3) is 10.0 Å². The minimum atomic E-state index is -4.13. The average Bonchev–Trinajstić information content (AvgIpc) is 3.50. The first-order valence-electron chi connectivity index (χ1n) is 14.5. The van der Waals surface area contributed by atoms with Crippen molar-refractivity contribution < 1.29 is 22.7 Å². The molecule has 3 aromatic rings. The molecule has 0 spiro atoms. The van der Waals surface area contributed by atoms with Gasteiger partial charge in [-0.1, -0.05) is 61.7 Å². The van der Waals surface area contributed by atoms with Gasteiger partial charge in [0.05, 0.1) is 17.7 Å². The molecular formula is C33H41N3O5S. The van der Waals surface area contributed by atoms with E-state index in [9.17, 15) is 18.0 Å². The van der Waals surface area contributed by atoms with Crippen LogP contribution in [0.2, 0.25) is 0 Å². The molecule has 1 saturated carbocycles. The maximum absolute atomic E-state index is 14.3. The van der Waals surface area contributed by atoms with E-state index in [-0.39, 0.29) is 23.4 Å². The lowest BCUT2D eigenvalue weighted by Crippen LogP contribution is -2.53. The molecule has 224 valence electrons. The van der Waals surface area contributed by atoms with Gasteiger partial charge in [-0.25, -0.2) is 8.42 Å². The van der Waals surface area contributed by atoms with Gasteiger partial charge in [-0.3, -0.25) is 13.9 Å². The maximum atomic E-state index is 14.3. The van der Waals surface area contributed by atoms with Gasteiger partial charge < -0.3 is 15.0 Å². The molecule has 3 aromatic carbocycles. The van der Waals surface area contributed by atoms with E-state index in [0.29, 0.717) is 17.9 Å². The van der Waals surface area contributed by atoms with Crippen molar-refractivity contribution in [2.75, 3.05) is 18.0 Å². The van der Waals surface area contributed by atoms with Gasteiger partial charge in [-0.15, -0.1) is 0 Å². The summed E-state index contributed by atoms with van der Waals surface area (Å²) in [7, 11) is -2.59. The minimum absolute atomic E-state index is 0.0770. The first-order chi connectivity index (χ1) is 20.1. The van der Waals surface area contributed by atoms with Crippen molar-refractivity contribution >= 4 is 27.5 Å². The highest BCUT2D eigenvalue weighted by Gasteiger charge is 2.34. The molecule has 42 heavy (non-hydrogen) atoms. The number of carbonyl (C=O) groups is 2. The molecule has 0 aromatic heterocycles. The Morgan fingerprint density at radius 2 is 1.60 bits per heavy atom. The fraction of sp³-hybridized carbons (Fsp3) is 0.394. The van der Waals surface area contributed by atoms with Crippen molar-refractivity contribution in [1.29, 1.82) is 0 Å². The number of carbonyl (C=O) groups excluding carboxylic acids is 2. The van der Waals surface area contributed by atoms with Crippen LogP contribution in [0.4, 0.5) is 5.69 Å². The molecule has 0 saturated heterocycles. The van der Waals surface area contributed by atoms with Gasteiger partial charge in [0, 0.05) is 12.6 Å². The summed E-state index contributed by atoms with van der Waals surface area (Å²) >= 11 is 0. The summed E-state index contributed by atoms with van der Waals surface area (Å²) in [5.74, 6) is -0.101. The van der Waals surface area contributed by atoms with Crippen LogP contribution in [0.5, 0.6) is 5.75 Å². The van der Waals surface area contributed by atoms with Crippen LogP contribution in [0.15, 0.2) is 77.7 Å². The molecule has 1 atom stereocenters. The third-order valence-electron chi connectivity index (χ3n) is 7.94. The smallest absolute Gasteiger partial charge is 0.264 e. The summed E-state index contributed by atoms with van der Waals surface area (Å²) in [6, 6.07) is 20.2. The van der Waals surface area contributed by atoms with Gasteiger partial charge in [0.15, 0.2) is 0 Å². The molecule has 4 rings (SSSR count). The fourth-order valence-electron chi connectivity index (χ4n) is 5.37. The van der Waals surface area contributed by atoms with Gasteiger partial charge in [-0.2, -0.15) is 0 Å². The quantitative estimate of drug-likeness (QED) is 0.305. The lowest BCUT2D eigenvalue weighted by Gasteiger charge is -2.34. The summed E-state index contributed by atoms with van der Waals surface area (Å²) < 4.78 is 34.4. The first kappa shape index (κ1) is 31.1. The molecule has 0 heterocycles. The van der Waals surface area contributed by atoms with Crippen LogP contribution in [0, 0.1) is 13.8 Å². The van der Waals surface area contributed by atoms with Crippen molar-refractivity contribution in [3.63, 3.8) is 0 Å². The van der Waals surface area contributed by atoms with Gasteiger partial charge in [-0.05, 0) is 80.6 Å². The van der Waals surface area contributed by atoms with Crippen LogP contribution < -0.4 is 14.4 Å². The Bertz CT molecular complexity index is 1470. The van der Waals surface area contributed by atoms with Crippen molar-refractivity contribution in [3.8, 4) is 5.75 Å². The third-order valence-corrected chi connectivity index (χ3v) is 9.73. The standard InChI is InChI=1S/C33H41N3O5S/c1-5-31(33(38)34-27-12-8-9-13-27)35(22-26-11-7-6-10-25(26)3)32(37)23-36(28-16-18-29(41-4)19-17-28)42(39,40)30-20-14-24(2)15-21-30/h6-7,10-11,14-21,27,31H,5,8-9,12-13,22-23H2,1-4H3,(H,34,38). The highest BCUT2D eigenvalue weighted by molar-refractivity contribution is 7.92. The molecule has 8 nitrogen and oxygen atoms in total. The van der Waals surface area contributed by atoms with E-state index in [1.807, 2.05) is 45.0 Å². The van der Waals surface area contributed by atoms with Crippen molar-refractivity contribution in [3.05, 3.63) is 89.5 Å². The lowest BCUT2D eigenvalue weighted by atomic mass is 10.1. The molecular weight excluding hydrogens is 550 g/mol. The molecule has 9 heteroatoms. The molecule has 1 N–H and O–H groups in total. The number of anilines is 1. The van der Waals surface area contributed by atoms with Crippen molar-refractivity contribution in [2.24, 2.45) is 0 Å². The Kier molecular flexibility index (Phi) is 10.3. The van der Waals surface area contributed by atoms with E-state index >= 15 is 0 Å². The Hall–Kier alpha value is -3.85. The number of ether oxygens (including phenoxy) is 1. The number of rotatable bonds is 12. The van der Waals surface area contributed by atoms with E-state index < -0.39 is 28.5 Å². The summed E-state index contributed by atoms with van der Waals surface area (Å²) in [5, 5.41) is 3.15. The number of benzene rings is 3. The normalized spacial score (nSPS) is 14.3. The van der Waals surface area contributed by atoms with Crippen LogP contribution in [0.25, 0.3) is 0 Å². The van der Waals surface area contributed by atoms with E-state index in [4.69, 9.17) is 4.74 Å². The predicted octanol–water partition coefficient (Wildman–Crippen LogP) is 5.37. The van der Waals surface area contributed by atoms with E-state index in [1.165, 1.54) is 12.0 Å². The topological polar surface area (TPSA) is 96.0 Å². The van der Waals surface area contributed by atoms with Crippen LogP contribution in [0.3, 0.4) is 0 Å². The zero-order chi connectivity index (χ0) is 30.3. The predicted molar refractivity (Wildman–Crippen MR) is 165 cm³/mol. The number of hydrogen-bond donors (Lipinski definition) is 1. The molecule has 1 fully saturated rings. The second-order valence-corrected chi connectivity index (χ2v) is 12.7. The van der Waals surface area contributed by atoms with Crippen LogP contribution in [-0.4, -0.2) is 50.9 Å². The summed E-state index contributed by atoms with van der Waals surface area (Å²) in [6.45, 7) is 5.43. The SMILES string of the molecule is CCC(C(=O)NC1CCCC1)N(Cc1ccccc1C)C(=O)CN(c1ccc(OC)cc1)S(=O)(=O)c1ccc(C)cc1. The van der Waals surface area contributed by atoms with E-state index in [0.717, 1.165) is 46.7 Å². The number of nitrogens with one attached hydrogen (secondary N) is 1. The zero-order valence-electron chi connectivity index (χ0n) is 24.9.